The van der Waals surface area contributed by atoms with E-state index in [1.807, 2.05) is 0 Å². The van der Waals surface area contributed by atoms with Crippen LogP contribution in [0.25, 0.3) is 0 Å². The molecule has 0 aromatic heterocycles. The van der Waals surface area contributed by atoms with Crippen LogP contribution in [0.4, 0.5) is 5.69 Å². The third-order valence-electron chi connectivity index (χ3n) is 3.52. The molecule has 2 unspecified atom stereocenters. The summed E-state index contributed by atoms with van der Waals surface area (Å²) >= 11 is 3.31. The van der Waals surface area contributed by atoms with Gasteiger partial charge in [0.1, 0.15) is 5.41 Å². The number of primary amides is 1. The maximum atomic E-state index is 11.4. The van der Waals surface area contributed by atoms with Gasteiger partial charge in [0, 0.05) is 10.2 Å². The molecule has 1 heterocycles. The number of rotatable bonds is 4. The van der Waals surface area contributed by atoms with Crippen LogP contribution in [0.15, 0.2) is 22.7 Å². The van der Waals surface area contributed by atoms with Crippen LogP contribution in [0.2, 0.25) is 0 Å². The standard InChI is InChI=1S/C13H15BrN2O4/c1-13(12(18)19)6-20-5-10(13)16-9-4-7(14)2-3-8(9)11(15)17/h2-4,10,16H,5-6H2,1H3,(H2,15,17)(H,18,19). The van der Waals surface area contributed by atoms with Crippen molar-refractivity contribution in [1.82, 2.24) is 0 Å². The van der Waals surface area contributed by atoms with Crippen molar-refractivity contribution in [3.63, 3.8) is 0 Å². The minimum absolute atomic E-state index is 0.125. The van der Waals surface area contributed by atoms with Gasteiger partial charge in [0.05, 0.1) is 24.8 Å². The van der Waals surface area contributed by atoms with Crippen molar-refractivity contribution in [2.24, 2.45) is 11.1 Å². The van der Waals surface area contributed by atoms with E-state index in [1.54, 1.807) is 25.1 Å². The average molecular weight is 343 g/mol. The van der Waals surface area contributed by atoms with E-state index in [4.69, 9.17) is 10.5 Å². The molecular weight excluding hydrogens is 328 g/mol. The third-order valence-corrected chi connectivity index (χ3v) is 4.01. The van der Waals surface area contributed by atoms with E-state index < -0.39 is 23.3 Å². The van der Waals surface area contributed by atoms with Crippen molar-refractivity contribution in [3.8, 4) is 0 Å². The lowest BCUT2D eigenvalue weighted by Crippen LogP contribution is -2.43. The first-order chi connectivity index (χ1) is 9.34. The number of amides is 1. The fourth-order valence-corrected chi connectivity index (χ4v) is 2.48. The number of halogens is 1. The van der Waals surface area contributed by atoms with Crippen LogP contribution in [-0.4, -0.2) is 36.2 Å². The highest BCUT2D eigenvalue weighted by Crippen LogP contribution is 2.32. The minimum Gasteiger partial charge on any atom is -0.481 e. The highest BCUT2D eigenvalue weighted by atomic mass is 79.9. The van der Waals surface area contributed by atoms with Crippen molar-refractivity contribution < 1.29 is 19.4 Å². The number of ether oxygens (including phenoxy) is 1. The van der Waals surface area contributed by atoms with Crippen LogP contribution in [0.5, 0.6) is 0 Å². The van der Waals surface area contributed by atoms with Crippen molar-refractivity contribution >= 4 is 33.5 Å². The van der Waals surface area contributed by atoms with Crippen LogP contribution in [0.3, 0.4) is 0 Å². The summed E-state index contributed by atoms with van der Waals surface area (Å²) in [6.07, 6.45) is 0. The topological polar surface area (TPSA) is 102 Å². The highest BCUT2D eigenvalue weighted by molar-refractivity contribution is 9.10. The second kappa shape index (κ2) is 5.41. The zero-order valence-corrected chi connectivity index (χ0v) is 12.4. The van der Waals surface area contributed by atoms with Gasteiger partial charge in [-0.05, 0) is 25.1 Å². The first-order valence-electron chi connectivity index (χ1n) is 6.01. The number of carbonyl (C=O) groups excluding carboxylic acids is 1. The quantitative estimate of drug-likeness (QED) is 0.768. The number of carbonyl (C=O) groups is 2. The molecule has 0 spiro atoms. The Balaban J connectivity index is 2.32. The second-order valence-corrected chi connectivity index (χ2v) is 5.90. The van der Waals surface area contributed by atoms with E-state index >= 15 is 0 Å². The normalized spacial score (nSPS) is 25.4. The van der Waals surface area contributed by atoms with Crippen LogP contribution < -0.4 is 11.1 Å². The zero-order chi connectivity index (χ0) is 14.9. The van der Waals surface area contributed by atoms with Crippen molar-refractivity contribution in [2.75, 3.05) is 18.5 Å². The molecule has 1 aromatic rings. The lowest BCUT2D eigenvalue weighted by atomic mass is 9.85. The van der Waals surface area contributed by atoms with E-state index in [2.05, 4.69) is 21.2 Å². The SMILES string of the molecule is CC1(C(=O)O)COCC1Nc1cc(Br)ccc1C(N)=O. The third kappa shape index (κ3) is 2.64. The number of nitrogens with two attached hydrogens (primary N) is 1. The summed E-state index contributed by atoms with van der Waals surface area (Å²) < 4.78 is 6.03. The molecule has 4 N–H and O–H groups in total. The fourth-order valence-electron chi connectivity index (χ4n) is 2.12. The molecule has 1 fully saturated rings. The van der Waals surface area contributed by atoms with Crippen LogP contribution >= 0.6 is 15.9 Å². The van der Waals surface area contributed by atoms with Gasteiger partial charge in [-0.15, -0.1) is 0 Å². The van der Waals surface area contributed by atoms with E-state index in [1.165, 1.54) is 0 Å². The average Bonchev–Trinajstić information content (AvgIpc) is 2.72. The molecule has 20 heavy (non-hydrogen) atoms. The summed E-state index contributed by atoms with van der Waals surface area (Å²) in [5, 5.41) is 12.4. The molecular formula is C13H15BrN2O4. The Bertz CT molecular complexity index is 563. The number of carboxylic acids is 1. The predicted octanol–water partition coefficient (Wildman–Crippen LogP) is 1.45. The number of hydrogen-bond acceptors (Lipinski definition) is 4. The Morgan fingerprint density at radius 1 is 1.55 bits per heavy atom. The first-order valence-corrected chi connectivity index (χ1v) is 6.81. The fraction of sp³-hybridized carbons (Fsp3) is 0.385. The van der Waals surface area contributed by atoms with Crippen LogP contribution in [0, 0.1) is 5.41 Å². The summed E-state index contributed by atoms with van der Waals surface area (Å²) in [7, 11) is 0. The van der Waals surface area contributed by atoms with Crippen molar-refractivity contribution in [3.05, 3.63) is 28.2 Å². The summed E-state index contributed by atoms with van der Waals surface area (Å²) in [4.78, 5) is 22.8. The molecule has 108 valence electrons. The van der Waals surface area contributed by atoms with E-state index in [9.17, 15) is 14.7 Å². The second-order valence-electron chi connectivity index (χ2n) is 4.99. The molecule has 2 atom stereocenters. The summed E-state index contributed by atoms with van der Waals surface area (Å²) in [5.74, 6) is -1.51. The van der Waals surface area contributed by atoms with E-state index in [0.29, 0.717) is 11.3 Å². The maximum Gasteiger partial charge on any atom is 0.313 e. The number of anilines is 1. The lowest BCUT2D eigenvalue weighted by Gasteiger charge is -2.27. The molecule has 0 aliphatic carbocycles. The van der Waals surface area contributed by atoms with Gasteiger partial charge in [-0.2, -0.15) is 0 Å². The Morgan fingerprint density at radius 3 is 2.85 bits per heavy atom. The Labute approximate surface area is 124 Å². The summed E-state index contributed by atoms with van der Waals surface area (Å²) in [6.45, 7) is 2.00. The number of hydrogen-bond donors (Lipinski definition) is 3. The molecule has 6 nitrogen and oxygen atoms in total. The molecule has 7 heteroatoms. The van der Waals surface area contributed by atoms with E-state index in [0.717, 1.165) is 4.47 Å². The van der Waals surface area contributed by atoms with Gasteiger partial charge in [0.2, 0.25) is 0 Å². The smallest absolute Gasteiger partial charge is 0.313 e. The molecule has 1 aliphatic rings. The van der Waals surface area contributed by atoms with Crippen molar-refractivity contribution in [2.45, 2.75) is 13.0 Å². The monoisotopic (exact) mass is 342 g/mol. The summed E-state index contributed by atoms with van der Waals surface area (Å²) in [5.41, 5.74) is 5.09. The molecule has 1 amide bonds. The molecule has 0 bridgehead atoms. The van der Waals surface area contributed by atoms with Gasteiger partial charge in [-0.1, -0.05) is 15.9 Å². The largest absolute Gasteiger partial charge is 0.481 e. The van der Waals surface area contributed by atoms with Gasteiger partial charge in [-0.3, -0.25) is 9.59 Å². The van der Waals surface area contributed by atoms with Crippen LogP contribution in [0.1, 0.15) is 17.3 Å². The number of carboxylic acid groups (broad SMARTS) is 1. The number of aliphatic carboxylic acids is 1. The Kier molecular flexibility index (Phi) is 4.01. The van der Waals surface area contributed by atoms with Gasteiger partial charge in [-0.25, -0.2) is 0 Å². The van der Waals surface area contributed by atoms with Gasteiger partial charge in [0.25, 0.3) is 5.91 Å². The van der Waals surface area contributed by atoms with Gasteiger partial charge < -0.3 is 20.9 Å². The molecule has 2 rings (SSSR count). The molecule has 1 aromatic carbocycles. The number of benzene rings is 1. The van der Waals surface area contributed by atoms with E-state index in [-0.39, 0.29) is 13.2 Å². The van der Waals surface area contributed by atoms with Crippen molar-refractivity contribution in [1.29, 1.82) is 0 Å². The molecule has 1 aliphatic heterocycles. The van der Waals surface area contributed by atoms with Gasteiger partial charge >= 0.3 is 5.97 Å². The molecule has 0 saturated carbocycles. The highest BCUT2D eigenvalue weighted by Gasteiger charge is 2.46. The Hall–Kier alpha value is -1.60. The molecule has 1 saturated heterocycles. The predicted molar refractivity (Wildman–Crippen MR) is 76.6 cm³/mol. The van der Waals surface area contributed by atoms with Crippen LogP contribution in [-0.2, 0) is 9.53 Å². The maximum absolute atomic E-state index is 11.4. The Morgan fingerprint density at radius 2 is 2.25 bits per heavy atom. The summed E-state index contributed by atoms with van der Waals surface area (Å²) in [6, 6.07) is 4.54. The lowest BCUT2D eigenvalue weighted by molar-refractivity contribution is -0.148. The first kappa shape index (κ1) is 14.8. The molecule has 0 radical (unpaired) electrons. The van der Waals surface area contributed by atoms with Gasteiger partial charge in [0.15, 0.2) is 0 Å². The number of nitrogens with one attached hydrogen (secondary N) is 1. The zero-order valence-electron chi connectivity index (χ0n) is 10.9. The minimum atomic E-state index is -1.04.